The molecule has 4 nitrogen and oxygen atoms in total. The van der Waals surface area contributed by atoms with Crippen LogP contribution >= 0.6 is 0 Å². The van der Waals surface area contributed by atoms with Gasteiger partial charge in [0.2, 0.25) is 0 Å². The lowest BCUT2D eigenvalue weighted by molar-refractivity contribution is 0.318. The Morgan fingerprint density at radius 3 is 2.76 bits per heavy atom. The molecule has 0 aliphatic heterocycles. The number of benzene rings is 2. The van der Waals surface area contributed by atoms with Crippen molar-refractivity contribution in [2.24, 2.45) is 10.9 Å². The Hall–Kier alpha value is -2.56. The molecule has 0 aliphatic rings. The van der Waals surface area contributed by atoms with Crippen LogP contribution in [0.4, 0.5) is 10.1 Å². The van der Waals surface area contributed by atoms with Crippen molar-refractivity contribution in [2.45, 2.75) is 19.9 Å². The maximum absolute atomic E-state index is 14.0. The summed E-state index contributed by atoms with van der Waals surface area (Å²) in [6.07, 6.45) is 0.957. The van der Waals surface area contributed by atoms with Crippen molar-refractivity contribution in [3.05, 3.63) is 65.0 Å². The van der Waals surface area contributed by atoms with E-state index in [4.69, 9.17) is 10.9 Å². The summed E-state index contributed by atoms with van der Waals surface area (Å²) in [4.78, 5) is 0. The van der Waals surface area contributed by atoms with E-state index >= 15 is 0 Å². The summed E-state index contributed by atoms with van der Waals surface area (Å²) < 4.78 is 14.0. The molecule has 0 radical (unpaired) electrons. The molecule has 0 unspecified atom stereocenters. The number of aryl methyl sites for hydroxylation is 1. The molecule has 0 atom stereocenters. The van der Waals surface area contributed by atoms with Crippen molar-refractivity contribution in [1.82, 2.24) is 0 Å². The minimum atomic E-state index is -0.391. The highest BCUT2D eigenvalue weighted by Gasteiger charge is 2.06. The first-order chi connectivity index (χ1) is 10.1. The summed E-state index contributed by atoms with van der Waals surface area (Å²) in [7, 11) is 0. The summed E-state index contributed by atoms with van der Waals surface area (Å²) in [5.74, 6) is -0.498. The molecule has 5 heteroatoms. The second kappa shape index (κ2) is 6.74. The second-order valence-corrected chi connectivity index (χ2v) is 4.70. The molecule has 4 N–H and O–H groups in total. The fourth-order valence-electron chi connectivity index (χ4n) is 2.01. The molecule has 2 aromatic rings. The van der Waals surface area contributed by atoms with Crippen LogP contribution in [0, 0.1) is 5.82 Å². The fraction of sp³-hybridized carbons (Fsp3) is 0.188. The van der Waals surface area contributed by atoms with Gasteiger partial charge in [-0.25, -0.2) is 4.39 Å². The third-order valence-electron chi connectivity index (χ3n) is 3.27. The molecule has 0 saturated heterocycles. The minimum Gasteiger partial charge on any atom is -0.409 e. The number of rotatable bonds is 5. The van der Waals surface area contributed by atoms with Gasteiger partial charge in [-0.1, -0.05) is 36.3 Å². The number of halogens is 1. The number of nitrogens with two attached hydrogens (primary N) is 1. The molecule has 0 bridgehead atoms. The zero-order valence-electron chi connectivity index (χ0n) is 11.8. The van der Waals surface area contributed by atoms with E-state index in [1.807, 2.05) is 18.2 Å². The Labute approximate surface area is 123 Å². The predicted molar refractivity (Wildman–Crippen MR) is 82.1 cm³/mol. The largest absolute Gasteiger partial charge is 0.409 e. The molecular formula is C16H18FN3O. The van der Waals surface area contributed by atoms with E-state index in [2.05, 4.69) is 23.5 Å². The molecule has 2 aromatic carbocycles. The van der Waals surface area contributed by atoms with E-state index in [-0.39, 0.29) is 5.84 Å². The summed E-state index contributed by atoms with van der Waals surface area (Å²) in [6.45, 7) is 2.46. The maximum atomic E-state index is 14.0. The van der Waals surface area contributed by atoms with E-state index in [0.29, 0.717) is 17.7 Å². The van der Waals surface area contributed by atoms with E-state index in [1.165, 1.54) is 11.6 Å². The molecule has 0 saturated carbocycles. The number of hydrogen-bond donors (Lipinski definition) is 3. The average Bonchev–Trinajstić information content (AvgIpc) is 2.53. The Morgan fingerprint density at radius 1 is 1.29 bits per heavy atom. The normalized spacial score (nSPS) is 11.4. The van der Waals surface area contributed by atoms with Gasteiger partial charge in [0.25, 0.3) is 0 Å². The number of hydrogen-bond acceptors (Lipinski definition) is 3. The van der Waals surface area contributed by atoms with Gasteiger partial charge in [0.05, 0.1) is 0 Å². The van der Waals surface area contributed by atoms with Gasteiger partial charge in [-0.2, -0.15) is 0 Å². The monoisotopic (exact) mass is 287 g/mol. The Kier molecular flexibility index (Phi) is 4.77. The van der Waals surface area contributed by atoms with E-state index in [0.717, 1.165) is 12.1 Å². The van der Waals surface area contributed by atoms with Gasteiger partial charge >= 0.3 is 0 Å². The van der Waals surface area contributed by atoms with Gasteiger partial charge in [-0.15, -0.1) is 0 Å². The Bertz CT molecular complexity index is 656. The van der Waals surface area contributed by atoms with Crippen LogP contribution in [0.25, 0.3) is 0 Å². The molecule has 0 spiro atoms. The van der Waals surface area contributed by atoms with Gasteiger partial charge in [0.1, 0.15) is 5.82 Å². The van der Waals surface area contributed by atoms with Crippen molar-refractivity contribution in [2.75, 3.05) is 5.32 Å². The smallest absolute Gasteiger partial charge is 0.170 e. The molecule has 0 fully saturated rings. The van der Waals surface area contributed by atoms with Gasteiger partial charge < -0.3 is 16.3 Å². The Morgan fingerprint density at radius 2 is 2.10 bits per heavy atom. The molecular weight excluding hydrogens is 269 g/mol. The van der Waals surface area contributed by atoms with Crippen LogP contribution in [0.3, 0.4) is 0 Å². The van der Waals surface area contributed by atoms with Crippen LogP contribution in [-0.2, 0) is 13.0 Å². The molecule has 0 amide bonds. The van der Waals surface area contributed by atoms with Gasteiger partial charge in [0, 0.05) is 23.4 Å². The van der Waals surface area contributed by atoms with Crippen molar-refractivity contribution >= 4 is 11.5 Å². The van der Waals surface area contributed by atoms with Gasteiger partial charge in [0.15, 0.2) is 5.84 Å². The van der Waals surface area contributed by atoms with E-state index in [9.17, 15) is 4.39 Å². The second-order valence-electron chi connectivity index (χ2n) is 4.70. The van der Waals surface area contributed by atoms with Crippen LogP contribution in [0.2, 0.25) is 0 Å². The molecule has 0 aliphatic carbocycles. The zero-order valence-corrected chi connectivity index (χ0v) is 11.8. The first kappa shape index (κ1) is 14.8. The van der Waals surface area contributed by atoms with Crippen LogP contribution in [0.15, 0.2) is 47.6 Å². The summed E-state index contributed by atoms with van der Waals surface area (Å²) in [5, 5.41) is 14.6. The Balaban J connectivity index is 2.09. The maximum Gasteiger partial charge on any atom is 0.170 e. The lowest BCUT2D eigenvalue weighted by Crippen LogP contribution is -2.14. The van der Waals surface area contributed by atoms with Crippen LogP contribution in [-0.4, -0.2) is 11.0 Å². The highest BCUT2D eigenvalue weighted by atomic mass is 19.1. The standard InChI is InChI=1S/C16H18FN3O/c1-2-11-4-3-5-14(8-11)19-10-13-7-6-12(9-15(13)17)16(18)20-21/h3-9,19,21H,2,10H2,1H3,(H2,18,20). The van der Waals surface area contributed by atoms with Crippen LogP contribution in [0.5, 0.6) is 0 Å². The fourth-order valence-corrected chi connectivity index (χ4v) is 2.01. The summed E-state index contributed by atoms with van der Waals surface area (Å²) in [6, 6.07) is 12.5. The zero-order chi connectivity index (χ0) is 15.2. The number of anilines is 1. The summed E-state index contributed by atoms with van der Waals surface area (Å²) >= 11 is 0. The summed E-state index contributed by atoms with van der Waals surface area (Å²) in [5.41, 5.74) is 8.48. The number of oxime groups is 1. The van der Waals surface area contributed by atoms with Gasteiger partial charge in [-0.05, 0) is 30.2 Å². The van der Waals surface area contributed by atoms with Crippen molar-refractivity contribution in [1.29, 1.82) is 0 Å². The lowest BCUT2D eigenvalue weighted by atomic mass is 10.1. The minimum absolute atomic E-state index is 0.107. The quantitative estimate of drug-likeness (QED) is 0.342. The SMILES string of the molecule is CCc1cccc(NCc2ccc(C(N)=NO)cc2F)c1. The van der Waals surface area contributed by atoms with Crippen molar-refractivity contribution < 1.29 is 9.60 Å². The van der Waals surface area contributed by atoms with Crippen LogP contribution in [0.1, 0.15) is 23.6 Å². The van der Waals surface area contributed by atoms with Gasteiger partial charge in [-0.3, -0.25) is 0 Å². The third-order valence-corrected chi connectivity index (χ3v) is 3.27. The first-order valence-corrected chi connectivity index (χ1v) is 6.73. The highest BCUT2D eigenvalue weighted by molar-refractivity contribution is 5.97. The number of nitrogens with one attached hydrogen (secondary N) is 1. The first-order valence-electron chi connectivity index (χ1n) is 6.73. The van der Waals surface area contributed by atoms with Crippen molar-refractivity contribution in [3.8, 4) is 0 Å². The number of nitrogens with zero attached hydrogens (tertiary/aromatic N) is 1. The topological polar surface area (TPSA) is 70.6 Å². The highest BCUT2D eigenvalue weighted by Crippen LogP contribution is 2.15. The van der Waals surface area contributed by atoms with Crippen LogP contribution < -0.4 is 11.1 Å². The molecule has 0 heterocycles. The molecule has 0 aromatic heterocycles. The van der Waals surface area contributed by atoms with E-state index < -0.39 is 5.82 Å². The lowest BCUT2D eigenvalue weighted by Gasteiger charge is -2.09. The molecule has 2 rings (SSSR count). The van der Waals surface area contributed by atoms with Crippen molar-refractivity contribution in [3.63, 3.8) is 0 Å². The number of amidine groups is 1. The van der Waals surface area contributed by atoms with E-state index in [1.54, 1.807) is 12.1 Å². The third kappa shape index (κ3) is 3.72. The molecule has 110 valence electrons. The average molecular weight is 287 g/mol. The molecule has 21 heavy (non-hydrogen) atoms. The predicted octanol–water partition coefficient (Wildman–Crippen LogP) is 3.09.